The summed E-state index contributed by atoms with van der Waals surface area (Å²) in [5.41, 5.74) is 1.48. The predicted octanol–water partition coefficient (Wildman–Crippen LogP) is 7.85. The summed E-state index contributed by atoms with van der Waals surface area (Å²) in [5, 5.41) is 0. The number of carbonyl (C=O) groups is 2. The summed E-state index contributed by atoms with van der Waals surface area (Å²) in [6.45, 7) is 19.1. The second-order valence-electron chi connectivity index (χ2n) is 15.5. The number of hydrogen-bond donors (Lipinski definition) is 0. The smallest absolute Gasteiger partial charge is 0.302 e. The molecule has 0 N–H and O–H groups in total. The first kappa shape index (κ1) is 25.8. The quantitative estimate of drug-likeness (QED) is 0.302. The number of carbonyl (C=O) groups excluding carboxylic acids is 2. The molecular formula is C32H52O3. The summed E-state index contributed by atoms with van der Waals surface area (Å²) in [7, 11) is 0. The van der Waals surface area contributed by atoms with Gasteiger partial charge >= 0.3 is 5.97 Å². The second kappa shape index (κ2) is 8.07. The number of ether oxygens (including phenoxy) is 1. The summed E-state index contributed by atoms with van der Waals surface area (Å²) in [4.78, 5) is 23.8. The highest BCUT2D eigenvalue weighted by molar-refractivity contribution is 5.66. The van der Waals surface area contributed by atoms with Crippen molar-refractivity contribution in [2.75, 3.05) is 0 Å². The molecule has 5 fully saturated rings. The fourth-order valence-electron chi connectivity index (χ4n) is 12.1. The third kappa shape index (κ3) is 3.34. The van der Waals surface area contributed by atoms with Crippen LogP contribution in [-0.2, 0) is 14.3 Å². The van der Waals surface area contributed by atoms with Gasteiger partial charge in [0.25, 0.3) is 0 Å². The Bertz CT molecular complexity index is 878. The van der Waals surface area contributed by atoms with Crippen LogP contribution in [0.4, 0.5) is 0 Å². The fraction of sp³-hybridized carbons (Fsp3) is 0.938. The van der Waals surface area contributed by atoms with Crippen LogP contribution >= 0.6 is 0 Å². The Balaban J connectivity index is 1.49. The van der Waals surface area contributed by atoms with Crippen LogP contribution in [0.5, 0.6) is 0 Å². The topological polar surface area (TPSA) is 43.4 Å². The van der Waals surface area contributed by atoms with E-state index in [1.165, 1.54) is 64.1 Å². The van der Waals surface area contributed by atoms with E-state index in [2.05, 4.69) is 48.5 Å². The van der Waals surface area contributed by atoms with Crippen LogP contribution in [0.2, 0.25) is 0 Å². The van der Waals surface area contributed by atoms with E-state index in [4.69, 9.17) is 4.74 Å². The molecule has 5 aliphatic carbocycles. The summed E-state index contributed by atoms with van der Waals surface area (Å²) >= 11 is 0. The lowest BCUT2D eigenvalue weighted by atomic mass is 9.32. The molecule has 0 spiro atoms. The fourth-order valence-corrected chi connectivity index (χ4v) is 12.1. The molecule has 5 rings (SSSR count). The molecule has 0 aromatic carbocycles. The van der Waals surface area contributed by atoms with Crippen molar-refractivity contribution in [1.82, 2.24) is 0 Å². The van der Waals surface area contributed by atoms with Crippen molar-refractivity contribution in [3.8, 4) is 0 Å². The third-order valence-corrected chi connectivity index (χ3v) is 14.0. The molecule has 11 atom stereocenters. The van der Waals surface area contributed by atoms with Crippen molar-refractivity contribution < 1.29 is 14.3 Å². The molecule has 5 aliphatic rings. The van der Waals surface area contributed by atoms with E-state index < -0.39 is 0 Å². The van der Waals surface area contributed by atoms with Crippen LogP contribution in [0.15, 0.2) is 0 Å². The van der Waals surface area contributed by atoms with Crippen molar-refractivity contribution in [2.45, 2.75) is 126 Å². The molecule has 0 unspecified atom stereocenters. The van der Waals surface area contributed by atoms with Crippen molar-refractivity contribution in [1.29, 1.82) is 0 Å². The highest BCUT2D eigenvalue weighted by Crippen LogP contribution is 2.77. The zero-order chi connectivity index (χ0) is 25.6. The average Bonchev–Trinajstić information content (AvgIpc) is 3.13. The van der Waals surface area contributed by atoms with Crippen molar-refractivity contribution in [3.63, 3.8) is 0 Å². The minimum Gasteiger partial charge on any atom is -0.462 e. The predicted molar refractivity (Wildman–Crippen MR) is 141 cm³/mol. The Labute approximate surface area is 214 Å². The van der Waals surface area contributed by atoms with Crippen molar-refractivity contribution >= 4 is 12.3 Å². The highest BCUT2D eigenvalue weighted by Gasteiger charge is 2.70. The first-order valence-electron chi connectivity index (χ1n) is 14.9. The van der Waals surface area contributed by atoms with Gasteiger partial charge in [0, 0.05) is 18.3 Å². The number of rotatable bonds is 3. The third-order valence-electron chi connectivity index (χ3n) is 14.0. The molecule has 0 aromatic rings. The van der Waals surface area contributed by atoms with Gasteiger partial charge in [-0.3, -0.25) is 4.79 Å². The Morgan fingerprint density at radius 3 is 2.20 bits per heavy atom. The first-order valence-corrected chi connectivity index (χ1v) is 14.9. The molecule has 0 radical (unpaired) electrons. The highest BCUT2D eigenvalue weighted by atomic mass is 16.5. The standard InChI is InChI=1S/C32H52O3/c1-20(19-33)22-11-14-29(5)17-18-31(7)23(27(22)29)9-10-25-30(6)15-13-26(35-21(2)34)28(3,4)24(30)12-16-32(25,31)8/h19-20,22-27H,9-18H2,1-8H3/t20-,22+,23-,24+,25-,26+,27-,29-,30+,31-,32-/m1/s1. The lowest BCUT2D eigenvalue weighted by Gasteiger charge is -2.73. The Morgan fingerprint density at radius 1 is 0.829 bits per heavy atom. The summed E-state index contributed by atoms with van der Waals surface area (Å²) in [5.74, 6) is 3.45. The van der Waals surface area contributed by atoms with Crippen molar-refractivity contribution in [3.05, 3.63) is 0 Å². The van der Waals surface area contributed by atoms with E-state index in [1.807, 2.05) is 0 Å². The molecule has 35 heavy (non-hydrogen) atoms. The van der Waals surface area contributed by atoms with E-state index >= 15 is 0 Å². The first-order chi connectivity index (χ1) is 16.2. The molecule has 3 nitrogen and oxygen atoms in total. The average molecular weight is 485 g/mol. The lowest BCUT2D eigenvalue weighted by molar-refractivity contribution is -0.250. The van der Waals surface area contributed by atoms with Gasteiger partial charge in [-0.15, -0.1) is 0 Å². The van der Waals surface area contributed by atoms with Gasteiger partial charge < -0.3 is 9.53 Å². The molecule has 0 saturated heterocycles. The van der Waals surface area contributed by atoms with Gasteiger partial charge in [-0.1, -0.05) is 48.5 Å². The molecule has 0 aliphatic heterocycles. The van der Waals surface area contributed by atoms with Crippen LogP contribution in [0.1, 0.15) is 120 Å². The minimum absolute atomic E-state index is 0.0266. The van der Waals surface area contributed by atoms with Gasteiger partial charge in [-0.25, -0.2) is 0 Å². The van der Waals surface area contributed by atoms with E-state index in [0.29, 0.717) is 39.4 Å². The molecule has 198 valence electrons. The van der Waals surface area contributed by atoms with Gasteiger partial charge in [0.15, 0.2) is 0 Å². The summed E-state index contributed by atoms with van der Waals surface area (Å²) in [6, 6.07) is 0. The molecule has 3 heteroatoms. The van der Waals surface area contributed by atoms with E-state index in [-0.39, 0.29) is 23.4 Å². The molecule has 0 bridgehead atoms. The Morgan fingerprint density at radius 2 is 1.54 bits per heavy atom. The van der Waals surface area contributed by atoms with Crippen LogP contribution in [0.3, 0.4) is 0 Å². The second-order valence-corrected chi connectivity index (χ2v) is 15.5. The Hall–Kier alpha value is -0.860. The minimum atomic E-state index is -0.124. The number of aldehydes is 1. The van der Waals surface area contributed by atoms with Gasteiger partial charge in [0.1, 0.15) is 12.4 Å². The monoisotopic (exact) mass is 484 g/mol. The summed E-state index contributed by atoms with van der Waals surface area (Å²) < 4.78 is 5.90. The number of esters is 1. The van der Waals surface area contributed by atoms with E-state index in [0.717, 1.165) is 18.3 Å². The maximum atomic E-state index is 11.9. The normalized spacial score (nSPS) is 53.4. The molecule has 0 heterocycles. The molecule has 0 amide bonds. The maximum absolute atomic E-state index is 11.9. The maximum Gasteiger partial charge on any atom is 0.302 e. The Kier molecular flexibility index (Phi) is 5.94. The molecule has 0 aromatic heterocycles. The van der Waals surface area contributed by atoms with Crippen LogP contribution < -0.4 is 0 Å². The van der Waals surface area contributed by atoms with Crippen LogP contribution in [0, 0.1) is 62.6 Å². The van der Waals surface area contributed by atoms with E-state index in [1.54, 1.807) is 6.92 Å². The SMILES string of the molecule is CC(=O)O[C@H]1CC[C@]2(C)[C@H]3CC[C@@H]4[C@H]5[C@H]([C@H](C)C=O)CC[C@]5(C)CC[C@@]4(C)[C@]3(C)CC[C@H]2C1(C)C. The molecular weight excluding hydrogens is 432 g/mol. The lowest BCUT2D eigenvalue weighted by Crippen LogP contribution is -2.66. The van der Waals surface area contributed by atoms with Gasteiger partial charge in [-0.2, -0.15) is 0 Å². The van der Waals surface area contributed by atoms with E-state index in [9.17, 15) is 9.59 Å². The zero-order valence-corrected chi connectivity index (χ0v) is 23.9. The number of hydrogen-bond acceptors (Lipinski definition) is 3. The largest absolute Gasteiger partial charge is 0.462 e. The van der Waals surface area contributed by atoms with Gasteiger partial charge in [0.2, 0.25) is 0 Å². The number of fused-ring (bicyclic) bond motifs is 7. The summed E-state index contributed by atoms with van der Waals surface area (Å²) in [6.07, 6.45) is 14.0. The van der Waals surface area contributed by atoms with Crippen molar-refractivity contribution in [2.24, 2.45) is 62.6 Å². The molecule has 5 saturated carbocycles. The van der Waals surface area contributed by atoms with Gasteiger partial charge in [0.05, 0.1) is 0 Å². The van der Waals surface area contributed by atoms with Crippen LogP contribution in [-0.4, -0.2) is 18.4 Å². The van der Waals surface area contributed by atoms with Gasteiger partial charge in [-0.05, 0) is 115 Å². The zero-order valence-electron chi connectivity index (χ0n) is 23.9. The van der Waals surface area contributed by atoms with Crippen LogP contribution in [0.25, 0.3) is 0 Å².